The molecular formula is C21H26N4O4. The van der Waals surface area contributed by atoms with E-state index >= 15 is 0 Å². The van der Waals surface area contributed by atoms with Crippen molar-refractivity contribution in [1.82, 2.24) is 10.7 Å². The molecule has 0 fully saturated rings. The molecule has 8 nitrogen and oxygen atoms in total. The summed E-state index contributed by atoms with van der Waals surface area (Å²) in [6.45, 7) is 5.01. The Morgan fingerprint density at radius 3 is 2.48 bits per heavy atom. The molecule has 2 rings (SSSR count). The summed E-state index contributed by atoms with van der Waals surface area (Å²) in [5.41, 5.74) is 4.24. The predicted octanol–water partition coefficient (Wildman–Crippen LogP) is 3.39. The first-order chi connectivity index (χ1) is 14.1. The minimum atomic E-state index is -0.360. The Morgan fingerprint density at radius 2 is 1.83 bits per heavy atom. The molecule has 0 spiro atoms. The third-order valence-electron chi connectivity index (χ3n) is 3.81. The van der Waals surface area contributed by atoms with Crippen LogP contribution in [0.1, 0.15) is 36.2 Å². The molecular weight excluding hydrogens is 372 g/mol. The molecule has 0 saturated carbocycles. The van der Waals surface area contributed by atoms with Gasteiger partial charge in [0, 0.05) is 17.8 Å². The highest BCUT2D eigenvalue weighted by molar-refractivity contribution is 5.96. The quantitative estimate of drug-likeness (QED) is 0.445. The molecule has 3 amide bonds. The summed E-state index contributed by atoms with van der Waals surface area (Å²) in [5, 5.41) is 9.39. The van der Waals surface area contributed by atoms with Crippen LogP contribution in [-0.2, 0) is 0 Å². The summed E-state index contributed by atoms with van der Waals surface area (Å²) in [6, 6.07) is 11.6. The monoisotopic (exact) mass is 398 g/mol. The van der Waals surface area contributed by atoms with Crippen LogP contribution in [0.5, 0.6) is 11.5 Å². The minimum Gasteiger partial charge on any atom is -0.493 e. The van der Waals surface area contributed by atoms with Gasteiger partial charge in [0.2, 0.25) is 0 Å². The van der Waals surface area contributed by atoms with Gasteiger partial charge in [0.15, 0.2) is 11.5 Å². The SMILES string of the molecule is CCCNC(=O)Nc1ccc(C(=O)N/N=C\c2ccc(OCC)c(OC)c2)cc1. The molecule has 0 atom stereocenters. The lowest BCUT2D eigenvalue weighted by Gasteiger charge is -2.09. The van der Waals surface area contributed by atoms with Crippen LogP contribution in [-0.4, -0.2) is 38.4 Å². The average Bonchev–Trinajstić information content (AvgIpc) is 2.73. The lowest BCUT2D eigenvalue weighted by Crippen LogP contribution is -2.29. The van der Waals surface area contributed by atoms with Gasteiger partial charge in [-0.2, -0.15) is 5.10 Å². The van der Waals surface area contributed by atoms with Crippen LogP contribution in [0.25, 0.3) is 0 Å². The first kappa shape index (κ1) is 21.7. The van der Waals surface area contributed by atoms with Crippen molar-refractivity contribution in [2.75, 3.05) is 25.6 Å². The van der Waals surface area contributed by atoms with Gasteiger partial charge in [-0.1, -0.05) is 6.92 Å². The number of hydrogen-bond donors (Lipinski definition) is 3. The first-order valence-electron chi connectivity index (χ1n) is 9.36. The number of urea groups is 1. The Bertz CT molecular complexity index is 850. The molecule has 0 heterocycles. The van der Waals surface area contributed by atoms with E-state index in [0.29, 0.717) is 35.9 Å². The highest BCUT2D eigenvalue weighted by Gasteiger charge is 2.07. The van der Waals surface area contributed by atoms with Crippen LogP contribution in [0.4, 0.5) is 10.5 Å². The molecule has 154 valence electrons. The predicted molar refractivity (Wildman–Crippen MR) is 113 cm³/mol. The van der Waals surface area contributed by atoms with Gasteiger partial charge in [0.1, 0.15) is 0 Å². The topological polar surface area (TPSA) is 101 Å². The van der Waals surface area contributed by atoms with Crippen molar-refractivity contribution in [1.29, 1.82) is 0 Å². The van der Waals surface area contributed by atoms with Gasteiger partial charge in [0.25, 0.3) is 5.91 Å². The Labute approximate surface area is 170 Å². The number of hydrazone groups is 1. The van der Waals surface area contributed by atoms with E-state index in [0.717, 1.165) is 12.0 Å². The maximum Gasteiger partial charge on any atom is 0.319 e. The molecule has 0 aliphatic carbocycles. The van der Waals surface area contributed by atoms with Crippen LogP contribution in [0.3, 0.4) is 0 Å². The van der Waals surface area contributed by atoms with E-state index in [4.69, 9.17) is 9.47 Å². The molecule has 29 heavy (non-hydrogen) atoms. The van der Waals surface area contributed by atoms with Crippen molar-refractivity contribution in [3.63, 3.8) is 0 Å². The zero-order chi connectivity index (χ0) is 21.1. The van der Waals surface area contributed by atoms with Crippen LogP contribution in [0.15, 0.2) is 47.6 Å². The zero-order valence-corrected chi connectivity index (χ0v) is 16.8. The second-order valence-electron chi connectivity index (χ2n) is 6.00. The molecule has 2 aromatic carbocycles. The van der Waals surface area contributed by atoms with E-state index in [1.807, 2.05) is 19.9 Å². The number of carbonyl (C=O) groups excluding carboxylic acids is 2. The van der Waals surface area contributed by atoms with Crippen LogP contribution < -0.4 is 25.5 Å². The number of ether oxygens (including phenoxy) is 2. The number of anilines is 1. The van der Waals surface area contributed by atoms with Gasteiger partial charge < -0.3 is 20.1 Å². The normalized spacial score (nSPS) is 10.4. The number of methoxy groups -OCH3 is 1. The standard InChI is InChI=1S/C21H26N4O4/c1-4-12-22-21(27)24-17-9-7-16(8-10-17)20(26)25-23-14-15-6-11-18(29-5-2)19(13-15)28-3/h6-11,13-14H,4-5,12H2,1-3H3,(H,25,26)(H2,22,24,27)/b23-14-. The molecule has 0 aromatic heterocycles. The lowest BCUT2D eigenvalue weighted by atomic mass is 10.2. The summed E-state index contributed by atoms with van der Waals surface area (Å²) >= 11 is 0. The highest BCUT2D eigenvalue weighted by Crippen LogP contribution is 2.27. The fourth-order valence-electron chi connectivity index (χ4n) is 2.39. The van der Waals surface area contributed by atoms with Crippen LogP contribution in [0.2, 0.25) is 0 Å². The van der Waals surface area contributed by atoms with E-state index < -0.39 is 0 Å². The molecule has 0 saturated heterocycles. The van der Waals surface area contributed by atoms with Gasteiger partial charge in [-0.15, -0.1) is 0 Å². The third-order valence-corrected chi connectivity index (χ3v) is 3.81. The minimum absolute atomic E-state index is 0.278. The summed E-state index contributed by atoms with van der Waals surface area (Å²) in [4.78, 5) is 23.8. The van der Waals surface area contributed by atoms with Crippen LogP contribution in [0, 0.1) is 0 Å². The first-order valence-corrected chi connectivity index (χ1v) is 9.36. The van der Waals surface area contributed by atoms with Gasteiger partial charge in [-0.25, -0.2) is 10.2 Å². The number of nitrogens with one attached hydrogen (secondary N) is 3. The summed E-state index contributed by atoms with van der Waals surface area (Å²) in [6.07, 6.45) is 2.38. The molecule has 2 aromatic rings. The maximum absolute atomic E-state index is 12.2. The number of hydrogen-bond acceptors (Lipinski definition) is 5. The van der Waals surface area contributed by atoms with Crippen molar-refractivity contribution < 1.29 is 19.1 Å². The Balaban J connectivity index is 1.92. The highest BCUT2D eigenvalue weighted by atomic mass is 16.5. The van der Waals surface area contributed by atoms with E-state index in [1.165, 1.54) is 6.21 Å². The second kappa shape index (κ2) is 11.3. The van der Waals surface area contributed by atoms with Crippen molar-refractivity contribution >= 4 is 23.8 Å². The van der Waals surface area contributed by atoms with Crippen molar-refractivity contribution in [3.05, 3.63) is 53.6 Å². The average molecular weight is 398 g/mol. The number of rotatable bonds is 9. The Kier molecular flexibility index (Phi) is 8.50. The van der Waals surface area contributed by atoms with Gasteiger partial charge >= 0.3 is 6.03 Å². The lowest BCUT2D eigenvalue weighted by molar-refractivity contribution is 0.0955. The largest absolute Gasteiger partial charge is 0.493 e. The van der Waals surface area contributed by atoms with E-state index in [2.05, 4.69) is 21.2 Å². The molecule has 0 aliphatic rings. The van der Waals surface area contributed by atoms with E-state index in [1.54, 1.807) is 43.5 Å². The van der Waals surface area contributed by atoms with Crippen molar-refractivity contribution in [3.8, 4) is 11.5 Å². The number of carbonyl (C=O) groups is 2. The summed E-state index contributed by atoms with van der Waals surface area (Å²) in [5.74, 6) is 0.877. The Hall–Kier alpha value is -3.55. The zero-order valence-electron chi connectivity index (χ0n) is 16.8. The number of benzene rings is 2. The Morgan fingerprint density at radius 1 is 1.07 bits per heavy atom. The van der Waals surface area contributed by atoms with Gasteiger partial charge in [0.05, 0.1) is 19.9 Å². The van der Waals surface area contributed by atoms with Gasteiger partial charge in [-0.05, 0) is 61.4 Å². The molecule has 0 unspecified atom stereocenters. The van der Waals surface area contributed by atoms with E-state index in [9.17, 15) is 9.59 Å². The van der Waals surface area contributed by atoms with Crippen molar-refractivity contribution in [2.45, 2.75) is 20.3 Å². The van der Waals surface area contributed by atoms with E-state index in [-0.39, 0.29) is 11.9 Å². The molecule has 8 heteroatoms. The van der Waals surface area contributed by atoms with Crippen molar-refractivity contribution in [2.24, 2.45) is 5.10 Å². The van der Waals surface area contributed by atoms with Crippen LogP contribution >= 0.6 is 0 Å². The maximum atomic E-state index is 12.2. The smallest absolute Gasteiger partial charge is 0.319 e. The number of nitrogens with zero attached hydrogens (tertiary/aromatic N) is 1. The fraction of sp³-hybridized carbons (Fsp3) is 0.286. The summed E-state index contributed by atoms with van der Waals surface area (Å²) < 4.78 is 10.8. The second-order valence-corrected chi connectivity index (χ2v) is 6.00. The molecule has 0 radical (unpaired) electrons. The number of amides is 3. The fourth-order valence-corrected chi connectivity index (χ4v) is 2.39. The molecule has 0 aliphatic heterocycles. The third kappa shape index (κ3) is 6.84. The molecule has 0 bridgehead atoms. The molecule has 3 N–H and O–H groups in total. The summed E-state index contributed by atoms with van der Waals surface area (Å²) in [7, 11) is 1.56. The van der Waals surface area contributed by atoms with Gasteiger partial charge in [-0.3, -0.25) is 4.79 Å².